The van der Waals surface area contributed by atoms with Crippen LogP contribution in [0.5, 0.6) is 0 Å². The molecule has 24 heavy (non-hydrogen) atoms. The van der Waals surface area contributed by atoms with Crippen LogP contribution < -0.4 is 9.80 Å². The first-order chi connectivity index (χ1) is 16.3. The van der Waals surface area contributed by atoms with Crippen LogP contribution in [-0.2, 0) is 0 Å². The summed E-state index contributed by atoms with van der Waals surface area (Å²) in [7, 11) is 0. The summed E-state index contributed by atoms with van der Waals surface area (Å²) >= 11 is 0. The number of hydrogen-bond donors (Lipinski definition) is 0. The summed E-state index contributed by atoms with van der Waals surface area (Å²) in [5, 5.41) is 0. The van der Waals surface area contributed by atoms with Crippen LogP contribution in [0.25, 0.3) is 0 Å². The zero-order valence-electron chi connectivity index (χ0n) is 26.2. The minimum Gasteiger partial charge on any atom is -0.325 e. The number of rotatable bonds is 3. The molecule has 126 valence electrons. The molecule has 0 amide bonds. The molecule has 1 unspecified atom stereocenters. The van der Waals surface area contributed by atoms with Crippen molar-refractivity contribution < 1.29 is 16.4 Å². The third-order valence-electron chi connectivity index (χ3n) is 4.13. The summed E-state index contributed by atoms with van der Waals surface area (Å²) in [5.74, 6) is -0.272. The van der Waals surface area contributed by atoms with Gasteiger partial charge in [-0.25, -0.2) is 0 Å². The Labute approximate surface area is 163 Å². The fourth-order valence-electron chi connectivity index (χ4n) is 3.17. The highest BCUT2D eigenvalue weighted by molar-refractivity contribution is 5.69. The van der Waals surface area contributed by atoms with Gasteiger partial charge in [-0.2, -0.15) is 0 Å². The predicted octanol–water partition coefficient (Wildman–Crippen LogP) is 5.70. The molecule has 2 aromatic carbocycles. The molecule has 1 atom stereocenters. The maximum atomic E-state index is 8.35. The van der Waals surface area contributed by atoms with Crippen LogP contribution in [0.1, 0.15) is 52.6 Å². The Bertz CT molecular complexity index is 1170. The van der Waals surface area contributed by atoms with Crippen molar-refractivity contribution in [3.8, 4) is 0 Å². The minimum absolute atomic E-state index is 0.123. The van der Waals surface area contributed by atoms with Gasteiger partial charge in [-0.05, 0) is 55.7 Å². The Hall–Kier alpha value is -2.22. The van der Waals surface area contributed by atoms with Crippen molar-refractivity contribution in [2.45, 2.75) is 47.6 Å². The Morgan fingerprint density at radius 1 is 0.833 bits per heavy atom. The Kier molecular flexibility index (Phi) is 1.94. The van der Waals surface area contributed by atoms with Crippen LogP contribution in [-0.4, -0.2) is 6.17 Å². The molecule has 0 radical (unpaired) electrons. The molecule has 2 nitrogen and oxygen atoms in total. The molecule has 1 heterocycles. The molecule has 0 N–H and O–H groups in total. The van der Waals surface area contributed by atoms with Crippen molar-refractivity contribution in [1.29, 1.82) is 0 Å². The molecule has 0 aromatic heterocycles. The van der Waals surface area contributed by atoms with Gasteiger partial charge in [0.25, 0.3) is 0 Å². The van der Waals surface area contributed by atoms with Gasteiger partial charge in [0.05, 0.1) is 8.22 Å². The van der Waals surface area contributed by atoms with E-state index in [9.17, 15) is 0 Å². The highest BCUT2D eigenvalue weighted by Crippen LogP contribution is 2.38. The summed E-state index contributed by atoms with van der Waals surface area (Å²) in [6, 6.07) is -2.70. The average molecular weight is 333 g/mol. The zero-order valence-corrected chi connectivity index (χ0v) is 14.2. The third kappa shape index (κ3) is 2.71. The van der Waals surface area contributed by atoms with Crippen LogP contribution in [0.2, 0.25) is 0 Å². The second-order valence-electron chi connectivity index (χ2n) is 6.22. The van der Waals surface area contributed by atoms with Crippen molar-refractivity contribution in [3.05, 3.63) is 70.9 Å². The van der Waals surface area contributed by atoms with E-state index < -0.39 is 49.1 Å². The number of benzene rings is 2. The number of para-hydroxylation sites is 2. The van der Waals surface area contributed by atoms with E-state index in [1.54, 1.807) is 24.9 Å². The SMILES string of the molecule is [2H]c1c([2H])c(C)c(N2C=CN(c3c(C([2H])([2H])[2H])c([2H])c([2H])c([2H])c3C([2H])([2H])[2H])C2C(C)C)c(C)c1[2H]. The summed E-state index contributed by atoms with van der Waals surface area (Å²) in [6.45, 7) is 1.07. The summed E-state index contributed by atoms with van der Waals surface area (Å²) in [6.07, 6.45) is 2.31. The molecule has 0 fully saturated rings. The van der Waals surface area contributed by atoms with Gasteiger partial charge in [-0.3, -0.25) is 0 Å². The van der Waals surface area contributed by atoms with Crippen LogP contribution >= 0.6 is 0 Å². The molecule has 2 heteroatoms. The molecular weight excluding hydrogens is 292 g/mol. The van der Waals surface area contributed by atoms with E-state index in [0.29, 0.717) is 16.8 Å². The lowest BCUT2D eigenvalue weighted by molar-refractivity contribution is 0.499. The van der Waals surface area contributed by atoms with E-state index in [0.717, 1.165) is 0 Å². The first-order valence-corrected chi connectivity index (χ1v) is 7.80. The van der Waals surface area contributed by atoms with Gasteiger partial charge >= 0.3 is 0 Å². The average Bonchev–Trinajstić information content (AvgIpc) is 3.17. The first-order valence-electron chi connectivity index (χ1n) is 13.8. The third-order valence-corrected chi connectivity index (χ3v) is 4.13. The molecule has 0 saturated carbocycles. The molecule has 0 saturated heterocycles. The van der Waals surface area contributed by atoms with Crippen molar-refractivity contribution >= 4 is 11.4 Å². The quantitative estimate of drug-likeness (QED) is 0.711. The summed E-state index contributed by atoms with van der Waals surface area (Å²) in [4.78, 5) is 3.11. The van der Waals surface area contributed by atoms with Gasteiger partial charge in [0, 0.05) is 32.0 Å². The molecule has 0 spiro atoms. The molecule has 2 aromatic rings. The fourth-order valence-corrected chi connectivity index (χ4v) is 3.17. The van der Waals surface area contributed by atoms with Gasteiger partial charge in [-0.1, -0.05) is 50.1 Å². The van der Waals surface area contributed by atoms with Gasteiger partial charge in [0.2, 0.25) is 0 Å². The number of hydrogen-bond acceptors (Lipinski definition) is 2. The van der Waals surface area contributed by atoms with Crippen LogP contribution in [0.4, 0.5) is 11.4 Å². The second kappa shape index (κ2) is 6.35. The molecule has 3 rings (SSSR count). The van der Waals surface area contributed by atoms with E-state index in [-0.39, 0.29) is 29.7 Å². The van der Waals surface area contributed by atoms with Crippen LogP contribution in [0.15, 0.2) is 48.7 Å². The Balaban J connectivity index is 2.41. The monoisotopic (exact) mass is 332 g/mol. The predicted molar refractivity (Wildman–Crippen MR) is 105 cm³/mol. The normalized spacial score (nSPS) is 25.5. The van der Waals surface area contributed by atoms with Gasteiger partial charge < -0.3 is 9.80 Å². The van der Waals surface area contributed by atoms with Crippen LogP contribution in [0.3, 0.4) is 0 Å². The Morgan fingerprint density at radius 3 is 1.67 bits per heavy atom. The smallest absolute Gasteiger partial charge is 0.112 e. The molecule has 0 aliphatic carbocycles. The number of anilines is 2. The maximum absolute atomic E-state index is 8.35. The highest BCUT2D eigenvalue weighted by atomic mass is 15.4. The van der Waals surface area contributed by atoms with E-state index in [1.807, 2.05) is 13.8 Å². The molecule has 0 bridgehead atoms. The van der Waals surface area contributed by atoms with Gasteiger partial charge in [0.1, 0.15) is 6.17 Å². The molecule has 1 aliphatic rings. The first kappa shape index (κ1) is 7.35. The molecule has 1 aliphatic heterocycles. The Morgan fingerprint density at radius 2 is 1.25 bits per heavy atom. The van der Waals surface area contributed by atoms with Gasteiger partial charge in [-0.15, -0.1) is 0 Å². The van der Waals surface area contributed by atoms with E-state index in [4.69, 9.17) is 16.4 Å². The fraction of sp³-hybridized carbons (Fsp3) is 0.364. The second-order valence-corrected chi connectivity index (χ2v) is 6.22. The zero-order chi connectivity index (χ0) is 27.7. The topological polar surface area (TPSA) is 6.48 Å². The lowest BCUT2D eigenvalue weighted by atomic mass is 10.0. The summed E-state index contributed by atoms with van der Waals surface area (Å²) < 4.78 is 97.9. The lowest BCUT2D eigenvalue weighted by Crippen LogP contribution is -2.43. The molecular formula is C22H28N2. The standard InChI is InChI=1S/C22H28N2/c1-15(2)22-23(20-16(3)9-7-10-17(20)4)13-14-24(22)21-18(5)11-8-12-19(21)6/h7-15,22H,1-6H3/i3D3,4D3,7D,8D,9D,10D,11D,12D. The minimum atomic E-state index is -2.94. The van der Waals surface area contributed by atoms with Crippen LogP contribution in [0, 0.1) is 33.5 Å². The van der Waals surface area contributed by atoms with Crippen molar-refractivity contribution in [1.82, 2.24) is 0 Å². The van der Waals surface area contributed by atoms with E-state index >= 15 is 0 Å². The maximum Gasteiger partial charge on any atom is 0.112 e. The summed E-state index contributed by atoms with van der Waals surface area (Å²) in [5.41, 5.74) is -0.238. The van der Waals surface area contributed by atoms with Crippen molar-refractivity contribution in [2.24, 2.45) is 5.92 Å². The number of nitrogens with zero attached hydrogens (tertiary/aromatic N) is 2. The lowest BCUT2D eigenvalue weighted by Gasteiger charge is -2.38. The van der Waals surface area contributed by atoms with Crippen molar-refractivity contribution in [2.75, 3.05) is 9.80 Å². The largest absolute Gasteiger partial charge is 0.325 e. The van der Waals surface area contributed by atoms with E-state index in [1.165, 1.54) is 11.1 Å². The van der Waals surface area contributed by atoms with Gasteiger partial charge in [0.15, 0.2) is 0 Å². The highest BCUT2D eigenvalue weighted by Gasteiger charge is 2.33. The van der Waals surface area contributed by atoms with E-state index in [2.05, 4.69) is 0 Å². The van der Waals surface area contributed by atoms with Crippen molar-refractivity contribution in [3.63, 3.8) is 0 Å².